The zero-order chi connectivity index (χ0) is 18.1. The number of piperidine rings is 1. The number of aromatic nitrogens is 2. The van der Waals surface area contributed by atoms with E-state index < -0.39 is 0 Å². The third-order valence-electron chi connectivity index (χ3n) is 5.70. The first-order valence-electron chi connectivity index (χ1n) is 9.40. The molecular weight excluding hydrogens is 348 g/mol. The second-order valence-corrected chi connectivity index (χ2v) is 7.97. The minimum absolute atomic E-state index is 0.0119. The molecule has 6 heteroatoms. The van der Waals surface area contributed by atoms with E-state index in [4.69, 9.17) is 11.6 Å². The summed E-state index contributed by atoms with van der Waals surface area (Å²) >= 11 is 6.12. The lowest BCUT2D eigenvalue weighted by Crippen LogP contribution is -2.35. The number of halogens is 1. The average molecular weight is 373 g/mol. The van der Waals surface area contributed by atoms with Crippen LogP contribution >= 0.6 is 11.6 Å². The van der Waals surface area contributed by atoms with Crippen LogP contribution < -0.4 is 0 Å². The van der Waals surface area contributed by atoms with Crippen molar-refractivity contribution >= 4 is 17.5 Å². The second-order valence-electron chi connectivity index (χ2n) is 7.53. The van der Waals surface area contributed by atoms with Gasteiger partial charge in [-0.2, -0.15) is 0 Å². The molecule has 138 valence electrons. The SMILES string of the molecule is CCCN1CC2C(C1)C2CN(Cc1cccc(Cl)c1)C(=O)c1cnc[nH]1. The van der Waals surface area contributed by atoms with Crippen LogP contribution in [0.25, 0.3) is 0 Å². The van der Waals surface area contributed by atoms with Gasteiger partial charge in [-0.15, -0.1) is 0 Å². The first-order valence-corrected chi connectivity index (χ1v) is 9.78. The van der Waals surface area contributed by atoms with Crippen LogP contribution in [0.3, 0.4) is 0 Å². The van der Waals surface area contributed by atoms with Crippen LogP contribution in [0, 0.1) is 17.8 Å². The Bertz CT molecular complexity index is 751. The number of amides is 1. The minimum atomic E-state index is 0.0119. The average Bonchev–Trinajstić information content (AvgIpc) is 3.05. The van der Waals surface area contributed by atoms with Gasteiger partial charge in [0.1, 0.15) is 5.69 Å². The zero-order valence-electron chi connectivity index (χ0n) is 15.1. The molecule has 1 aromatic carbocycles. The highest BCUT2D eigenvalue weighted by atomic mass is 35.5. The van der Waals surface area contributed by atoms with E-state index in [1.165, 1.54) is 26.1 Å². The summed E-state index contributed by atoms with van der Waals surface area (Å²) in [4.78, 5) is 24.4. The van der Waals surface area contributed by atoms with Crippen molar-refractivity contribution in [3.8, 4) is 0 Å². The maximum Gasteiger partial charge on any atom is 0.272 e. The van der Waals surface area contributed by atoms with Gasteiger partial charge in [0, 0.05) is 31.2 Å². The number of benzene rings is 1. The van der Waals surface area contributed by atoms with Crippen LogP contribution in [0.2, 0.25) is 5.02 Å². The van der Waals surface area contributed by atoms with E-state index in [-0.39, 0.29) is 5.91 Å². The number of hydrogen-bond donors (Lipinski definition) is 1. The summed E-state index contributed by atoms with van der Waals surface area (Å²) in [6.45, 7) is 7.18. The molecule has 0 radical (unpaired) electrons. The molecule has 0 spiro atoms. The van der Waals surface area contributed by atoms with Gasteiger partial charge in [0.2, 0.25) is 0 Å². The molecule has 2 atom stereocenters. The van der Waals surface area contributed by atoms with E-state index in [1.54, 1.807) is 12.5 Å². The molecule has 1 amide bonds. The third kappa shape index (κ3) is 3.64. The topological polar surface area (TPSA) is 52.2 Å². The maximum atomic E-state index is 13.0. The summed E-state index contributed by atoms with van der Waals surface area (Å²) < 4.78 is 0. The van der Waals surface area contributed by atoms with E-state index in [9.17, 15) is 4.79 Å². The molecule has 1 aliphatic carbocycles. The first kappa shape index (κ1) is 17.6. The number of carbonyl (C=O) groups excluding carboxylic acids is 1. The van der Waals surface area contributed by atoms with Crippen molar-refractivity contribution in [1.82, 2.24) is 19.8 Å². The van der Waals surface area contributed by atoms with Crippen molar-refractivity contribution < 1.29 is 4.79 Å². The Morgan fingerprint density at radius 1 is 1.38 bits per heavy atom. The largest absolute Gasteiger partial charge is 0.341 e. The summed E-state index contributed by atoms with van der Waals surface area (Å²) in [5, 5.41) is 0.704. The number of likely N-dealkylation sites (tertiary alicyclic amines) is 1. The van der Waals surface area contributed by atoms with Gasteiger partial charge in [0.25, 0.3) is 5.91 Å². The van der Waals surface area contributed by atoms with Crippen molar-refractivity contribution in [1.29, 1.82) is 0 Å². The smallest absolute Gasteiger partial charge is 0.272 e. The van der Waals surface area contributed by atoms with Crippen LogP contribution in [0.4, 0.5) is 0 Å². The number of fused-ring (bicyclic) bond motifs is 1. The molecule has 2 aliphatic rings. The maximum absolute atomic E-state index is 13.0. The molecule has 5 nitrogen and oxygen atoms in total. The van der Waals surface area contributed by atoms with E-state index in [1.807, 2.05) is 29.2 Å². The van der Waals surface area contributed by atoms with Crippen molar-refractivity contribution in [2.24, 2.45) is 17.8 Å². The van der Waals surface area contributed by atoms with E-state index in [0.29, 0.717) is 23.2 Å². The van der Waals surface area contributed by atoms with Gasteiger partial charge in [-0.3, -0.25) is 4.79 Å². The fraction of sp³-hybridized carbons (Fsp3) is 0.500. The number of rotatable bonds is 7. The van der Waals surface area contributed by atoms with Crippen LogP contribution in [0.15, 0.2) is 36.8 Å². The number of nitrogens with zero attached hydrogens (tertiary/aromatic N) is 3. The Labute approximate surface area is 159 Å². The van der Waals surface area contributed by atoms with Crippen LogP contribution in [0.5, 0.6) is 0 Å². The summed E-state index contributed by atoms with van der Waals surface area (Å²) in [6, 6.07) is 7.76. The van der Waals surface area contributed by atoms with Crippen molar-refractivity contribution in [3.05, 3.63) is 53.1 Å². The number of H-pyrrole nitrogens is 1. The Morgan fingerprint density at radius 2 is 2.19 bits per heavy atom. The van der Waals surface area contributed by atoms with Gasteiger partial charge in [-0.25, -0.2) is 4.98 Å². The van der Waals surface area contributed by atoms with Gasteiger partial charge in [-0.1, -0.05) is 30.7 Å². The number of aromatic amines is 1. The van der Waals surface area contributed by atoms with Crippen molar-refractivity contribution in [2.75, 3.05) is 26.2 Å². The zero-order valence-corrected chi connectivity index (χ0v) is 15.8. The Kier molecular flexibility index (Phi) is 5.00. The normalized spacial score (nSPS) is 24.5. The van der Waals surface area contributed by atoms with Crippen LogP contribution in [-0.2, 0) is 6.54 Å². The molecule has 2 fully saturated rings. The fourth-order valence-electron chi connectivity index (χ4n) is 4.38. The monoisotopic (exact) mass is 372 g/mol. The Balaban J connectivity index is 1.45. The quantitative estimate of drug-likeness (QED) is 0.811. The molecule has 1 aromatic heterocycles. The molecule has 26 heavy (non-hydrogen) atoms. The lowest BCUT2D eigenvalue weighted by molar-refractivity contribution is 0.0719. The van der Waals surface area contributed by atoms with Gasteiger partial charge in [-0.05, 0) is 48.4 Å². The van der Waals surface area contributed by atoms with Crippen molar-refractivity contribution in [2.45, 2.75) is 19.9 Å². The Hall–Kier alpha value is -1.85. The predicted molar refractivity (Wildman–Crippen MR) is 102 cm³/mol. The molecule has 1 aliphatic heterocycles. The predicted octanol–water partition coefficient (Wildman–Crippen LogP) is 3.29. The first-order chi connectivity index (χ1) is 12.7. The van der Waals surface area contributed by atoms with Gasteiger partial charge in [0.05, 0.1) is 12.5 Å². The Morgan fingerprint density at radius 3 is 2.85 bits per heavy atom. The molecule has 1 N–H and O–H groups in total. The van der Waals surface area contributed by atoms with Crippen LogP contribution in [0.1, 0.15) is 29.4 Å². The number of hydrogen-bond acceptors (Lipinski definition) is 3. The van der Waals surface area contributed by atoms with Gasteiger partial charge in [0.15, 0.2) is 0 Å². The lowest BCUT2D eigenvalue weighted by atomic mass is 10.1. The van der Waals surface area contributed by atoms with E-state index in [2.05, 4.69) is 21.8 Å². The summed E-state index contributed by atoms with van der Waals surface area (Å²) in [5.74, 6) is 2.13. The highest BCUT2D eigenvalue weighted by Gasteiger charge is 2.55. The summed E-state index contributed by atoms with van der Waals surface area (Å²) in [5.41, 5.74) is 1.61. The summed E-state index contributed by atoms with van der Waals surface area (Å²) in [6.07, 6.45) is 4.37. The second kappa shape index (κ2) is 7.41. The van der Waals surface area contributed by atoms with E-state index >= 15 is 0 Å². The molecule has 4 rings (SSSR count). The fourth-order valence-corrected chi connectivity index (χ4v) is 4.59. The lowest BCUT2D eigenvalue weighted by Gasteiger charge is -2.25. The highest BCUT2D eigenvalue weighted by molar-refractivity contribution is 6.30. The summed E-state index contributed by atoms with van der Waals surface area (Å²) in [7, 11) is 0. The van der Waals surface area contributed by atoms with E-state index in [0.717, 1.165) is 23.9 Å². The number of nitrogens with one attached hydrogen (secondary N) is 1. The number of imidazole rings is 1. The minimum Gasteiger partial charge on any atom is -0.341 e. The molecular formula is C20H25ClN4O. The van der Waals surface area contributed by atoms with Gasteiger partial charge >= 0.3 is 0 Å². The molecule has 1 saturated carbocycles. The molecule has 2 aromatic rings. The standard InChI is InChI=1S/C20H25ClN4O/c1-2-6-24-10-16-17(11-24)18(16)12-25(20(26)19-8-22-13-23-19)9-14-4-3-5-15(21)7-14/h3-5,7-8,13,16-18H,2,6,9-12H2,1H3,(H,22,23). The molecule has 1 saturated heterocycles. The molecule has 2 heterocycles. The van der Waals surface area contributed by atoms with Crippen molar-refractivity contribution in [3.63, 3.8) is 0 Å². The number of carbonyl (C=O) groups is 1. The molecule has 2 unspecified atom stereocenters. The highest BCUT2D eigenvalue weighted by Crippen LogP contribution is 2.52. The van der Waals surface area contributed by atoms with Gasteiger partial charge < -0.3 is 14.8 Å². The van der Waals surface area contributed by atoms with Crippen LogP contribution in [-0.4, -0.2) is 51.9 Å². The molecule has 0 bridgehead atoms. The third-order valence-corrected chi connectivity index (χ3v) is 5.93.